The molecule has 2 aliphatic heterocycles. The van der Waals surface area contributed by atoms with E-state index in [1.807, 2.05) is 0 Å². The second kappa shape index (κ2) is 13.1. The molecule has 2 heterocycles. The largest absolute Gasteiger partial charge is 0.508 e. The topological polar surface area (TPSA) is 185 Å². The quantitative estimate of drug-likeness (QED) is 0.195. The number of carbonyl (C=O) groups is 6. The van der Waals surface area contributed by atoms with Gasteiger partial charge in [-0.25, -0.2) is 24.0 Å². The molecule has 0 spiro atoms. The SMILES string of the molecule is COCC(COC(=O)c1cc(C(=O)OCC2COC(=O)O2)cc(C(=O)OCC2COC(=O)O2)c1)OC=O. The molecule has 0 radical (unpaired) electrons. The smallest absolute Gasteiger partial charge is 0.458 e. The van der Waals surface area contributed by atoms with Gasteiger partial charge < -0.3 is 42.6 Å². The van der Waals surface area contributed by atoms with Crippen molar-refractivity contribution in [3.8, 4) is 0 Å². The summed E-state index contributed by atoms with van der Waals surface area (Å²) in [5.74, 6) is -2.87. The number of hydrogen-bond acceptors (Lipinski definition) is 15. The van der Waals surface area contributed by atoms with Crippen molar-refractivity contribution in [2.75, 3.05) is 46.8 Å². The number of carbonyl (C=O) groups excluding carboxylic acids is 6. The Morgan fingerprint density at radius 3 is 1.68 bits per heavy atom. The molecule has 37 heavy (non-hydrogen) atoms. The zero-order valence-electron chi connectivity index (χ0n) is 19.4. The molecule has 3 unspecified atom stereocenters. The van der Waals surface area contributed by atoms with Gasteiger partial charge >= 0.3 is 30.2 Å². The molecule has 15 nitrogen and oxygen atoms in total. The number of rotatable bonds is 13. The van der Waals surface area contributed by atoms with Gasteiger partial charge in [0.15, 0.2) is 18.3 Å². The minimum Gasteiger partial charge on any atom is -0.458 e. The molecule has 15 heteroatoms. The molecular formula is C22H22O15. The Morgan fingerprint density at radius 1 is 0.838 bits per heavy atom. The normalized spacial score (nSPS) is 18.9. The van der Waals surface area contributed by atoms with E-state index in [1.54, 1.807) is 0 Å². The van der Waals surface area contributed by atoms with Gasteiger partial charge in [0, 0.05) is 7.11 Å². The highest BCUT2D eigenvalue weighted by molar-refractivity contribution is 6.00. The van der Waals surface area contributed by atoms with Gasteiger partial charge in [0.25, 0.3) is 6.47 Å². The third kappa shape index (κ3) is 8.06. The van der Waals surface area contributed by atoms with Gasteiger partial charge in [0.05, 0.1) is 23.3 Å². The lowest BCUT2D eigenvalue weighted by molar-refractivity contribution is -0.138. The Balaban J connectivity index is 1.73. The maximum absolute atomic E-state index is 12.7. The molecule has 0 saturated carbocycles. The highest BCUT2D eigenvalue weighted by atomic mass is 16.8. The van der Waals surface area contributed by atoms with E-state index in [-0.39, 0.29) is 62.8 Å². The summed E-state index contributed by atoms with van der Waals surface area (Å²) in [7, 11) is 1.35. The number of benzene rings is 1. The summed E-state index contributed by atoms with van der Waals surface area (Å²) in [6, 6.07) is 3.33. The Kier molecular flexibility index (Phi) is 9.60. The zero-order valence-corrected chi connectivity index (χ0v) is 19.4. The summed E-state index contributed by atoms with van der Waals surface area (Å²) in [5, 5.41) is 0. The lowest BCUT2D eigenvalue weighted by Gasteiger charge is -2.15. The second-order valence-electron chi connectivity index (χ2n) is 7.51. The number of hydrogen-bond donors (Lipinski definition) is 0. The van der Waals surface area contributed by atoms with Crippen molar-refractivity contribution in [1.29, 1.82) is 0 Å². The molecule has 3 rings (SSSR count). The molecular weight excluding hydrogens is 504 g/mol. The van der Waals surface area contributed by atoms with Crippen LogP contribution in [0, 0.1) is 0 Å². The molecule has 2 saturated heterocycles. The van der Waals surface area contributed by atoms with Crippen molar-refractivity contribution >= 4 is 36.7 Å². The summed E-state index contributed by atoms with van der Waals surface area (Å²) in [6.07, 6.45) is -4.34. The molecule has 0 bridgehead atoms. The monoisotopic (exact) mass is 526 g/mol. The third-order valence-electron chi connectivity index (χ3n) is 4.74. The van der Waals surface area contributed by atoms with Crippen molar-refractivity contribution in [3.63, 3.8) is 0 Å². The Morgan fingerprint density at radius 2 is 1.30 bits per heavy atom. The van der Waals surface area contributed by atoms with E-state index in [0.29, 0.717) is 0 Å². The van der Waals surface area contributed by atoms with Gasteiger partial charge in [0.2, 0.25) is 0 Å². The Bertz CT molecular complexity index is 975. The molecule has 0 amide bonds. The van der Waals surface area contributed by atoms with Crippen LogP contribution < -0.4 is 0 Å². The van der Waals surface area contributed by atoms with Crippen LogP contribution in [0.1, 0.15) is 31.1 Å². The van der Waals surface area contributed by atoms with Gasteiger partial charge in [0.1, 0.15) is 33.0 Å². The first-order valence-electron chi connectivity index (χ1n) is 10.7. The van der Waals surface area contributed by atoms with Crippen molar-refractivity contribution in [1.82, 2.24) is 0 Å². The summed E-state index contributed by atoms with van der Waals surface area (Å²) >= 11 is 0. The van der Waals surface area contributed by atoms with Gasteiger partial charge in [-0.1, -0.05) is 0 Å². The molecule has 200 valence electrons. The van der Waals surface area contributed by atoms with Crippen LogP contribution >= 0.6 is 0 Å². The first-order chi connectivity index (χ1) is 17.8. The van der Waals surface area contributed by atoms with Crippen LogP contribution in [0.5, 0.6) is 0 Å². The molecule has 1 aromatic rings. The van der Waals surface area contributed by atoms with Gasteiger partial charge in [-0.05, 0) is 18.2 Å². The number of ether oxygens (including phenoxy) is 9. The first-order valence-corrected chi connectivity index (χ1v) is 10.7. The standard InChI is InChI=1S/C22H22O15/c1-29-5-15(35-11-23)6-30-18(24)12-2-13(19(25)31-7-16-9-33-21(27)36-16)4-14(3-12)20(26)32-8-17-10-34-22(28)37-17/h2-4,11,15-17H,5-10H2,1H3. The van der Waals surface area contributed by atoms with Gasteiger partial charge in [-0.3, -0.25) is 4.79 Å². The summed E-state index contributed by atoms with van der Waals surface area (Å²) < 4.78 is 43.7. The lowest BCUT2D eigenvalue weighted by atomic mass is 10.1. The lowest BCUT2D eigenvalue weighted by Crippen LogP contribution is -2.26. The Hall–Kier alpha value is -4.40. The fourth-order valence-corrected chi connectivity index (χ4v) is 3.02. The van der Waals surface area contributed by atoms with E-state index >= 15 is 0 Å². The van der Waals surface area contributed by atoms with Crippen LogP contribution in [0.4, 0.5) is 9.59 Å². The van der Waals surface area contributed by atoms with Crippen molar-refractivity contribution in [2.45, 2.75) is 18.3 Å². The molecule has 0 aromatic heterocycles. The molecule has 2 fully saturated rings. The van der Waals surface area contributed by atoms with Crippen LogP contribution in [-0.4, -0.2) is 102 Å². The maximum atomic E-state index is 12.7. The minimum absolute atomic E-state index is 0.0547. The van der Waals surface area contributed by atoms with E-state index in [1.165, 1.54) is 7.11 Å². The van der Waals surface area contributed by atoms with E-state index in [0.717, 1.165) is 18.2 Å². The molecule has 2 aliphatic rings. The van der Waals surface area contributed by atoms with Crippen molar-refractivity contribution < 1.29 is 71.4 Å². The number of cyclic esters (lactones) is 4. The molecule has 0 aliphatic carbocycles. The number of esters is 3. The van der Waals surface area contributed by atoms with E-state index in [9.17, 15) is 28.8 Å². The molecule has 1 aromatic carbocycles. The van der Waals surface area contributed by atoms with E-state index < -0.39 is 48.5 Å². The predicted octanol–water partition coefficient (Wildman–Crippen LogP) is 0.416. The van der Waals surface area contributed by atoms with E-state index in [4.69, 9.17) is 33.2 Å². The van der Waals surface area contributed by atoms with Crippen LogP contribution in [0.25, 0.3) is 0 Å². The van der Waals surface area contributed by atoms with E-state index in [2.05, 4.69) is 9.47 Å². The fraction of sp³-hybridized carbons (Fsp3) is 0.455. The van der Waals surface area contributed by atoms with Gasteiger partial charge in [-0.2, -0.15) is 0 Å². The Labute approximate surface area is 208 Å². The average Bonchev–Trinajstić information content (AvgIpc) is 3.51. The highest BCUT2D eigenvalue weighted by Crippen LogP contribution is 2.17. The first kappa shape index (κ1) is 27.2. The molecule has 3 atom stereocenters. The predicted molar refractivity (Wildman–Crippen MR) is 113 cm³/mol. The van der Waals surface area contributed by atoms with Crippen molar-refractivity contribution in [3.05, 3.63) is 34.9 Å². The van der Waals surface area contributed by atoms with Crippen LogP contribution in [0.3, 0.4) is 0 Å². The van der Waals surface area contributed by atoms with Crippen molar-refractivity contribution in [2.24, 2.45) is 0 Å². The summed E-state index contributed by atoms with van der Waals surface area (Å²) in [5.41, 5.74) is -0.672. The highest BCUT2D eigenvalue weighted by Gasteiger charge is 2.29. The summed E-state index contributed by atoms with van der Waals surface area (Å²) in [4.78, 5) is 70.5. The third-order valence-corrected chi connectivity index (χ3v) is 4.74. The van der Waals surface area contributed by atoms with Crippen LogP contribution in [-0.2, 0) is 47.4 Å². The average molecular weight is 526 g/mol. The number of methoxy groups -OCH3 is 1. The minimum atomic E-state index is -0.962. The maximum Gasteiger partial charge on any atom is 0.508 e. The van der Waals surface area contributed by atoms with Crippen LogP contribution in [0.2, 0.25) is 0 Å². The fourth-order valence-electron chi connectivity index (χ4n) is 3.02. The molecule has 0 N–H and O–H groups in total. The second-order valence-corrected chi connectivity index (χ2v) is 7.51. The van der Waals surface area contributed by atoms with Gasteiger partial charge in [-0.15, -0.1) is 0 Å². The van der Waals surface area contributed by atoms with Crippen LogP contribution in [0.15, 0.2) is 18.2 Å². The zero-order chi connectivity index (χ0) is 26.8. The summed E-state index contributed by atoms with van der Waals surface area (Å²) in [6.45, 7) is -1.17.